The van der Waals surface area contributed by atoms with Gasteiger partial charge in [-0.2, -0.15) is 0 Å². The maximum atomic E-state index is 9.44. The molecule has 94 valence electrons. The lowest BCUT2D eigenvalue weighted by Gasteiger charge is -2.10. The second-order valence-corrected chi connectivity index (χ2v) is 5.57. The molecule has 0 saturated heterocycles. The Kier molecular flexibility index (Phi) is 4.20. The molecule has 0 aromatic heterocycles. The van der Waals surface area contributed by atoms with Crippen LogP contribution in [0.2, 0.25) is 25.1 Å². The molecule has 6 heteroatoms. The standard InChI is InChI=1S/C12H5Cl5O/c13-7-3-10(16)9(15)1-5(7)6-2-11(17)12(18)4-8(6)14/h1-4,18H. The van der Waals surface area contributed by atoms with Gasteiger partial charge < -0.3 is 5.11 Å². The highest BCUT2D eigenvalue weighted by Crippen LogP contribution is 2.41. The molecule has 0 atom stereocenters. The molecule has 0 spiro atoms. The zero-order chi connectivity index (χ0) is 13.4. The number of halogens is 5. The number of benzene rings is 2. The second-order valence-electron chi connectivity index (χ2n) is 3.53. The van der Waals surface area contributed by atoms with E-state index in [2.05, 4.69) is 0 Å². The van der Waals surface area contributed by atoms with E-state index >= 15 is 0 Å². The van der Waals surface area contributed by atoms with Gasteiger partial charge in [-0.25, -0.2) is 0 Å². The van der Waals surface area contributed by atoms with Crippen LogP contribution in [-0.2, 0) is 0 Å². The minimum Gasteiger partial charge on any atom is -0.506 e. The van der Waals surface area contributed by atoms with Crippen molar-refractivity contribution in [2.75, 3.05) is 0 Å². The van der Waals surface area contributed by atoms with Gasteiger partial charge in [-0.3, -0.25) is 0 Å². The fraction of sp³-hybridized carbons (Fsp3) is 0. The van der Waals surface area contributed by atoms with E-state index in [9.17, 15) is 5.11 Å². The van der Waals surface area contributed by atoms with Gasteiger partial charge in [-0.15, -0.1) is 0 Å². The van der Waals surface area contributed by atoms with E-state index in [1.54, 1.807) is 6.07 Å². The predicted molar refractivity (Wildman–Crippen MR) is 78.6 cm³/mol. The first-order chi connectivity index (χ1) is 8.40. The van der Waals surface area contributed by atoms with Gasteiger partial charge in [0.05, 0.1) is 25.1 Å². The third-order valence-corrected chi connectivity index (χ3v) is 3.99. The second kappa shape index (κ2) is 5.36. The van der Waals surface area contributed by atoms with E-state index in [0.717, 1.165) is 0 Å². The van der Waals surface area contributed by atoms with E-state index in [0.29, 0.717) is 31.2 Å². The number of hydrogen-bond donors (Lipinski definition) is 1. The quantitative estimate of drug-likeness (QED) is 0.601. The Bertz CT molecular complexity index is 569. The van der Waals surface area contributed by atoms with E-state index in [-0.39, 0.29) is 10.8 Å². The average Bonchev–Trinajstić information content (AvgIpc) is 2.29. The van der Waals surface area contributed by atoms with Gasteiger partial charge >= 0.3 is 0 Å². The minimum atomic E-state index is -0.0957. The smallest absolute Gasteiger partial charge is 0.135 e. The normalized spacial score (nSPS) is 10.7. The summed E-state index contributed by atoms with van der Waals surface area (Å²) in [6.07, 6.45) is 0. The van der Waals surface area contributed by atoms with Crippen LogP contribution in [0.3, 0.4) is 0 Å². The molecule has 0 aliphatic carbocycles. The first-order valence-electron chi connectivity index (χ1n) is 4.73. The highest BCUT2D eigenvalue weighted by Gasteiger charge is 2.13. The summed E-state index contributed by atoms with van der Waals surface area (Å²) >= 11 is 29.8. The van der Waals surface area contributed by atoms with Crippen molar-refractivity contribution in [3.05, 3.63) is 49.4 Å². The Morgan fingerprint density at radius 1 is 0.556 bits per heavy atom. The van der Waals surface area contributed by atoms with E-state index in [4.69, 9.17) is 58.0 Å². The molecule has 0 amide bonds. The minimum absolute atomic E-state index is 0.0957. The molecular formula is C12H5Cl5O. The number of rotatable bonds is 1. The summed E-state index contributed by atoms with van der Waals surface area (Å²) < 4.78 is 0. The monoisotopic (exact) mass is 340 g/mol. The van der Waals surface area contributed by atoms with Gasteiger partial charge in [0.25, 0.3) is 0 Å². The summed E-state index contributed by atoms with van der Waals surface area (Å²) in [6.45, 7) is 0. The Balaban J connectivity index is 2.69. The lowest BCUT2D eigenvalue weighted by atomic mass is 10.1. The maximum Gasteiger partial charge on any atom is 0.135 e. The van der Waals surface area contributed by atoms with E-state index in [1.807, 2.05) is 0 Å². The summed E-state index contributed by atoms with van der Waals surface area (Å²) in [5.74, 6) is -0.0957. The van der Waals surface area contributed by atoms with Crippen LogP contribution in [0, 0.1) is 0 Å². The van der Waals surface area contributed by atoms with Crippen LogP contribution in [0.4, 0.5) is 0 Å². The zero-order valence-corrected chi connectivity index (χ0v) is 12.4. The molecule has 0 saturated carbocycles. The lowest BCUT2D eigenvalue weighted by molar-refractivity contribution is 0.475. The zero-order valence-electron chi connectivity index (χ0n) is 8.65. The van der Waals surface area contributed by atoms with Crippen molar-refractivity contribution in [2.45, 2.75) is 0 Å². The van der Waals surface area contributed by atoms with Crippen LogP contribution < -0.4 is 0 Å². The number of phenols is 1. The molecule has 2 aromatic rings. The van der Waals surface area contributed by atoms with Crippen LogP contribution in [0.15, 0.2) is 24.3 Å². The largest absolute Gasteiger partial charge is 0.506 e. The van der Waals surface area contributed by atoms with Crippen molar-refractivity contribution >= 4 is 58.0 Å². The van der Waals surface area contributed by atoms with Crippen LogP contribution in [0.25, 0.3) is 11.1 Å². The average molecular weight is 342 g/mol. The van der Waals surface area contributed by atoms with Gasteiger partial charge in [-0.05, 0) is 18.2 Å². The Morgan fingerprint density at radius 2 is 1.00 bits per heavy atom. The predicted octanol–water partition coefficient (Wildman–Crippen LogP) is 6.33. The SMILES string of the molecule is Oc1cc(Cl)c(-c2cc(Cl)c(Cl)cc2Cl)cc1Cl. The molecule has 1 nitrogen and oxygen atoms in total. The number of phenolic OH excluding ortho intramolecular Hbond substituents is 1. The van der Waals surface area contributed by atoms with E-state index in [1.165, 1.54) is 18.2 Å². The summed E-state index contributed by atoms with van der Waals surface area (Å²) in [4.78, 5) is 0. The van der Waals surface area contributed by atoms with E-state index < -0.39 is 0 Å². The molecule has 18 heavy (non-hydrogen) atoms. The summed E-state index contributed by atoms with van der Waals surface area (Å²) in [7, 11) is 0. The van der Waals surface area contributed by atoms with Crippen LogP contribution >= 0.6 is 58.0 Å². The molecular weight excluding hydrogens is 337 g/mol. The molecule has 0 aliphatic rings. The Hall–Kier alpha value is -0.310. The molecule has 0 radical (unpaired) electrons. The highest BCUT2D eigenvalue weighted by molar-refractivity contribution is 6.44. The van der Waals surface area contributed by atoms with Gasteiger partial charge in [-0.1, -0.05) is 58.0 Å². The molecule has 2 aromatic carbocycles. The number of hydrogen-bond acceptors (Lipinski definition) is 1. The molecule has 0 bridgehead atoms. The Morgan fingerprint density at radius 3 is 1.61 bits per heavy atom. The summed E-state index contributed by atoms with van der Waals surface area (Å²) in [5.41, 5.74) is 1.17. The van der Waals surface area contributed by atoms with Crippen molar-refractivity contribution in [1.29, 1.82) is 0 Å². The van der Waals surface area contributed by atoms with Gasteiger partial charge in [0.2, 0.25) is 0 Å². The third-order valence-electron chi connectivity index (χ3n) is 2.34. The topological polar surface area (TPSA) is 20.2 Å². The summed E-state index contributed by atoms with van der Waals surface area (Å²) in [6, 6.07) is 5.99. The Labute approximate surface area is 129 Å². The molecule has 2 rings (SSSR count). The molecule has 0 aliphatic heterocycles. The molecule has 1 N–H and O–H groups in total. The summed E-state index contributed by atoms with van der Waals surface area (Å²) in [5, 5.41) is 11.0. The fourth-order valence-electron chi connectivity index (χ4n) is 1.47. The van der Waals surface area contributed by atoms with Crippen molar-refractivity contribution in [2.24, 2.45) is 0 Å². The van der Waals surface area contributed by atoms with Crippen molar-refractivity contribution in [3.63, 3.8) is 0 Å². The number of aromatic hydroxyl groups is 1. The first-order valence-corrected chi connectivity index (χ1v) is 6.62. The van der Waals surface area contributed by atoms with Gasteiger partial charge in [0.1, 0.15) is 5.75 Å². The fourth-order valence-corrected chi connectivity index (χ4v) is 2.54. The van der Waals surface area contributed by atoms with Crippen molar-refractivity contribution < 1.29 is 5.11 Å². The maximum absolute atomic E-state index is 9.44. The van der Waals surface area contributed by atoms with Crippen LogP contribution in [0.5, 0.6) is 5.75 Å². The van der Waals surface area contributed by atoms with Gasteiger partial charge in [0, 0.05) is 17.2 Å². The molecule has 0 unspecified atom stereocenters. The van der Waals surface area contributed by atoms with Gasteiger partial charge in [0.15, 0.2) is 0 Å². The first kappa shape index (κ1) is 14.1. The lowest BCUT2D eigenvalue weighted by Crippen LogP contribution is -1.84. The third kappa shape index (κ3) is 2.66. The van der Waals surface area contributed by atoms with Crippen LogP contribution in [0.1, 0.15) is 0 Å². The molecule has 0 fully saturated rings. The van der Waals surface area contributed by atoms with Crippen molar-refractivity contribution in [1.82, 2.24) is 0 Å². The van der Waals surface area contributed by atoms with Crippen molar-refractivity contribution in [3.8, 4) is 16.9 Å². The van der Waals surface area contributed by atoms with Crippen LogP contribution in [-0.4, -0.2) is 5.11 Å². The molecule has 0 heterocycles. The highest BCUT2D eigenvalue weighted by atomic mass is 35.5.